The van der Waals surface area contributed by atoms with Crippen LogP contribution in [-0.2, 0) is 0 Å². The van der Waals surface area contributed by atoms with E-state index in [1.54, 1.807) is 0 Å². The molecule has 3 aromatic rings. The fourth-order valence-electron chi connectivity index (χ4n) is 6.67. The van der Waals surface area contributed by atoms with Crippen LogP contribution in [0.1, 0.15) is 82.0 Å². The molecule has 2 fully saturated rings. The van der Waals surface area contributed by atoms with Gasteiger partial charge in [0.25, 0.3) is 0 Å². The first-order valence-electron chi connectivity index (χ1n) is 11.1. The first kappa shape index (κ1) is 19.5. The number of hydrogen-bond donors (Lipinski definition) is 0. The van der Waals surface area contributed by atoms with Crippen molar-refractivity contribution in [3.63, 3.8) is 0 Å². The van der Waals surface area contributed by atoms with Gasteiger partial charge in [0.1, 0.15) is 0 Å². The molecule has 0 spiro atoms. The van der Waals surface area contributed by atoms with Crippen molar-refractivity contribution in [2.45, 2.75) is 52.4 Å². The zero-order chi connectivity index (χ0) is 21.4. The van der Waals surface area contributed by atoms with Crippen molar-refractivity contribution in [3.05, 3.63) is 44.3 Å². The van der Waals surface area contributed by atoms with Crippen LogP contribution in [0.2, 0.25) is 0 Å². The Bertz CT molecular complexity index is 1220. The standard InChI is InChI=1S/C26H24O2SSe2/c1-25(2)13-9-15(25)21(27)23-11(13)7-19(30-23)17-5-6-18(29-17)20-8-12-14-10-16(26(14,3)4)22(28)24(12)31-20/h5-8,13-16H,9-10H2,1-4H3/t13-,14-,15+,16+/m0/s1. The van der Waals surface area contributed by atoms with E-state index >= 15 is 0 Å². The maximum atomic E-state index is 13.0. The van der Waals surface area contributed by atoms with Gasteiger partial charge in [-0.1, -0.05) is 0 Å². The summed E-state index contributed by atoms with van der Waals surface area (Å²) in [5.74, 6) is 2.51. The quantitative estimate of drug-likeness (QED) is 0.370. The third-order valence-corrected chi connectivity index (χ3v) is 15.7. The molecule has 5 heteroatoms. The van der Waals surface area contributed by atoms with Crippen LogP contribution in [0.3, 0.4) is 0 Å². The van der Waals surface area contributed by atoms with Crippen molar-refractivity contribution in [2.24, 2.45) is 22.7 Å². The molecule has 6 aliphatic carbocycles. The summed E-state index contributed by atoms with van der Waals surface area (Å²) in [5, 5.41) is 0. The second-order valence-corrected chi connectivity index (χ2v) is 16.5. The Kier molecular flexibility index (Phi) is 3.73. The molecule has 2 nitrogen and oxygen atoms in total. The Hall–Kier alpha value is -0.961. The Labute approximate surface area is 198 Å². The van der Waals surface area contributed by atoms with Gasteiger partial charge in [-0.05, 0) is 0 Å². The second kappa shape index (κ2) is 5.93. The number of carbonyl (C=O) groups excluding carboxylic acids is 2. The predicted molar refractivity (Wildman–Crippen MR) is 127 cm³/mol. The van der Waals surface area contributed by atoms with E-state index in [4.69, 9.17) is 0 Å². The molecule has 158 valence electrons. The van der Waals surface area contributed by atoms with Crippen molar-refractivity contribution in [1.82, 2.24) is 0 Å². The summed E-state index contributed by atoms with van der Waals surface area (Å²) in [6, 6.07) is 9.24. The zero-order valence-corrected chi connectivity index (χ0v) is 22.3. The van der Waals surface area contributed by atoms with Gasteiger partial charge in [0.2, 0.25) is 0 Å². The molecule has 6 aliphatic rings. The number of rotatable bonds is 2. The van der Waals surface area contributed by atoms with E-state index in [2.05, 4.69) is 52.0 Å². The minimum absolute atomic E-state index is 0.140. The number of carbonyl (C=O) groups is 2. The van der Waals surface area contributed by atoms with Gasteiger partial charge in [-0.3, -0.25) is 0 Å². The van der Waals surface area contributed by atoms with Crippen molar-refractivity contribution in [3.8, 4) is 18.6 Å². The summed E-state index contributed by atoms with van der Waals surface area (Å²) in [7, 11) is 0. The van der Waals surface area contributed by atoms with Crippen LogP contribution in [0, 0.1) is 22.7 Å². The minimum atomic E-state index is 0.140. The molecule has 0 amide bonds. The van der Waals surface area contributed by atoms with Crippen LogP contribution in [0.5, 0.6) is 0 Å². The van der Waals surface area contributed by atoms with Crippen LogP contribution in [0.15, 0.2) is 24.3 Å². The van der Waals surface area contributed by atoms with Crippen molar-refractivity contribution < 1.29 is 9.59 Å². The molecule has 9 rings (SSSR count). The molecule has 0 aliphatic heterocycles. The number of ketones is 2. The van der Waals surface area contributed by atoms with Crippen LogP contribution < -0.4 is 0 Å². The van der Waals surface area contributed by atoms with Gasteiger partial charge in [-0.25, -0.2) is 0 Å². The van der Waals surface area contributed by atoms with Gasteiger partial charge in [0, 0.05) is 0 Å². The van der Waals surface area contributed by atoms with Crippen LogP contribution in [0.4, 0.5) is 0 Å². The summed E-state index contributed by atoms with van der Waals surface area (Å²) in [5.41, 5.74) is 3.00. The monoisotopic (exact) mass is 560 g/mol. The van der Waals surface area contributed by atoms with E-state index in [0.717, 1.165) is 21.7 Å². The molecule has 4 bridgehead atoms. The molecule has 0 N–H and O–H groups in total. The van der Waals surface area contributed by atoms with Gasteiger partial charge in [-0.15, -0.1) is 0 Å². The molecule has 0 unspecified atom stereocenters. The predicted octanol–water partition coefficient (Wildman–Crippen LogP) is 5.85. The van der Waals surface area contributed by atoms with Crippen molar-refractivity contribution in [2.75, 3.05) is 0 Å². The van der Waals surface area contributed by atoms with E-state index in [-0.39, 0.29) is 51.7 Å². The second-order valence-electron chi connectivity index (χ2n) is 11.0. The number of thiophene rings is 1. The van der Waals surface area contributed by atoms with Crippen LogP contribution in [0.25, 0.3) is 18.6 Å². The molecule has 3 aromatic heterocycles. The van der Waals surface area contributed by atoms with Crippen molar-refractivity contribution in [1.29, 1.82) is 0 Å². The van der Waals surface area contributed by atoms with Crippen molar-refractivity contribution >= 4 is 51.9 Å². The average Bonchev–Trinajstić information content (AvgIpc) is 3.44. The van der Waals surface area contributed by atoms with Crippen LogP contribution in [-0.4, -0.2) is 40.6 Å². The SMILES string of the molecule is CC1(C)[C@@H]2C[C@H]1c1cc(-c3ccc(-c4cc5c([se]4)C(=O)[C@H]4C[C@@H]5C4(C)C)s3)[se]c1C2=O. The third-order valence-electron chi connectivity index (χ3n) is 8.98. The Morgan fingerprint density at radius 2 is 1.16 bits per heavy atom. The molecule has 31 heavy (non-hydrogen) atoms. The normalized spacial score (nSPS) is 31.0. The number of Topliss-reactive ketones (excluding diaryl/α,β-unsaturated/α-hetero) is 2. The Morgan fingerprint density at radius 1 is 0.742 bits per heavy atom. The average molecular weight is 558 g/mol. The molecule has 3 heterocycles. The van der Waals surface area contributed by atoms with E-state index in [0.29, 0.717) is 23.4 Å². The topological polar surface area (TPSA) is 34.1 Å². The molecule has 0 saturated heterocycles. The van der Waals surface area contributed by atoms with Gasteiger partial charge in [0.15, 0.2) is 0 Å². The summed E-state index contributed by atoms with van der Waals surface area (Å²) >= 11 is 2.17. The summed E-state index contributed by atoms with van der Waals surface area (Å²) in [6.45, 7) is 9.08. The summed E-state index contributed by atoms with van der Waals surface area (Å²) in [4.78, 5) is 28.6. The van der Waals surface area contributed by atoms with E-state index in [9.17, 15) is 9.59 Å². The number of hydrogen-bond acceptors (Lipinski definition) is 3. The third kappa shape index (κ3) is 2.30. The Balaban J connectivity index is 1.25. The molecule has 0 radical (unpaired) electrons. The van der Waals surface area contributed by atoms with E-state index in [1.807, 2.05) is 11.3 Å². The zero-order valence-electron chi connectivity index (χ0n) is 18.1. The van der Waals surface area contributed by atoms with E-state index < -0.39 is 0 Å². The van der Waals surface area contributed by atoms with Gasteiger partial charge < -0.3 is 0 Å². The molecule has 4 atom stereocenters. The summed E-state index contributed by atoms with van der Waals surface area (Å²) in [6.07, 6.45) is 2.11. The molecular formula is C26H24O2SSe2. The maximum absolute atomic E-state index is 13.0. The van der Waals surface area contributed by atoms with Gasteiger partial charge in [-0.2, -0.15) is 0 Å². The van der Waals surface area contributed by atoms with Gasteiger partial charge >= 0.3 is 199 Å². The first-order valence-corrected chi connectivity index (χ1v) is 15.4. The van der Waals surface area contributed by atoms with Gasteiger partial charge in [0.05, 0.1) is 0 Å². The molecular weight excluding hydrogens is 534 g/mol. The fraction of sp³-hybridized carbons (Fsp3) is 0.462. The van der Waals surface area contributed by atoms with E-state index in [1.165, 1.54) is 29.8 Å². The Morgan fingerprint density at radius 3 is 1.55 bits per heavy atom. The summed E-state index contributed by atoms with van der Waals surface area (Å²) < 4.78 is 5.08. The van der Waals surface area contributed by atoms with Crippen LogP contribution >= 0.6 is 11.3 Å². The first-order chi connectivity index (χ1) is 14.7. The molecule has 0 aromatic carbocycles. The molecule has 2 saturated carbocycles. The fourth-order valence-corrected chi connectivity index (χ4v) is 13.2.